The second-order valence-corrected chi connectivity index (χ2v) is 7.74. The van der Waals surface area contributed by atoms with Crippen molar-refractivity contribution in [3.05, 3.63) is 60.2 Å². The molecule has 3 nitrogen and oxygen atoms in total. The highest BCUT2D eigenvalue weighted by Crippen LogP contribution is 2.39. The summed E-state index contributed by atoms with van der Waals surface area (Å²) >= 11 is 0. The van der Waals surface area contributed by atoms with Crippen LogP contribution in [0.25, 0.3) is 0 Å². The summed E-state index contributed by atoms with van der Waals surface area (Å²) < 4.78 is 0. The monoisotopic (exact) mass is 381 g/mol. The van der Waals surface area contributed by atoms with Crippen LogP contribution < -0.4 is 11.5 Å². The molecule has 3 heteroatoms. The van der Waals surface area contributed by atoms with Crippen molar-refractivity contribution in [1.29, 1.82) is 0 Å². The van der Waals surface area contributed by atoms with Crippen LogP contribution in [0.4, 0.5) is 11.4 Å². The van der Waals surface area contributed by atoms with Crippen LogP contribution in [0.5, 0.6) is 0 Å². The Morgan fingerprint density at radius 1 is 0.857 bits per heavy atom. The highest BCUT2D eigenvalue weighted by atomic mass is 15.2. The van der Waals surface area contributed by atoms with Crippen LogP contribution in [0.1, 0.15) is 52.0 Å². The van der Waals surface area contributed by atoms with Gasteiger partial charge in [-0.2, -0.15) is 0 Å². The fraction of sp³-hybridized carbons (Fsp3) is 0.520. The van der Waals surface area contributed by atoms with Gasteiger partial charge in [-0.25, -0.2) is 0 Å². The van der Waals surface area contributed by atoms with Crippen molar-refractivity contribution >= 4 is 11.4 Å². The maximum Gasteiger partial charge on any atom is 0.0547 e. The SMILES string of the molecule is CC.CCN1CCC2CC(Cc3ccccc3)CCC21.Nc1ccccc1N. The van der Waals surface area contributed by atoms with Gasteiger partial charge in [0.1, 0.15) is 0 Å². The third-order valence-electron chi connectivity index (χ3n) is 6.08. The van der Waals surface area contributed by atoms with Crippen LogP contribution in [-0.4, -0.2) is 24.0 Å². The van der Waals surface area contributed by atoms with E-state index in [-0.39, 0.29) is 0 Å². The summed E-state index contributed by atoms with van der Waals surface area (Å²) in [5, 5.41) is 0. The number of rotatable bonds is 3. The zero-order chi connectivity index (χ0) is 20.4. The van der Waals surface area contributed by atoms with Gasteiger partial charge in [0.05, 0.1) is 11.4 Å². The third-order valence-corrected chi connectivity index (χ3v) is 6.08. The van der Waals surface area contributed by atoms with Crippen LogP contribution in [0.3, 0.4) is 0 Å². The fourth-order valence-corrected chi connectivity index (χ4v) is 4.67. The van der Waals surface area contributed by atoms with Gasteiger partial charge in [-0.1, -0.05) is 63.2 Å². The molecule has 1 aliphatic heterocycles. The van der Waals surface area contributed by atoms with E-state index in [4.69, 9.17) is 11.5 Å². The van der Waals surface area contributed by atoms with E-state index in [1.807, 2.05) is 26.0 Å². The average molecular weight is 382 g/mol. The Balaban J connectivity index is 0.000000236. The molecule has 4 rings (SSSR count). The number of para-hydroxylation sites is 2. The second-order valence-electron chi connectivity index (χ2n) is 7.74. The van der Waals surface area contributed by atoms with Crippen molar-refractivity contribution < 1.29 is 0 Å². The number of hydrogen-bond donors (Lipinski definition) is 2. The summed E-state index contributed by atoms with van der Waals surface area (Å²) in [6.45, 7) is 8.92. The van der Waals surface area contributed by atoms with Crippen molar-refractivity contribution in [2.45, 2.75) is 58.9 Å². The van der Waals surface area contributed by atoms with Crippen LogP contribution in [0, 0.1) is 11.8 Å². The van der Waals surface area contributed by atoms with Crippen LogP contribution in [-0.2, 0) is 6.42 Å². The molecule has 3 atom stereocenters. The Bertz CT molecular complexity index is 650. The predicted octanol–water partition coefficient (Wildman–Crippen LogP) is 5.62. The van der Waals surface area contributed by atoms with E-state index in [1.54, 1.807) is 12.1 Å². The zero-order valence-corrected chi connectivity index (χ0v) is 18.0. The first-order chi connectivity index (χ1) is 13.7. The summed E-state index contributed by atoms with van der Waals surface area (Å²) in [6.07, 6.45) is 7.10. The summed E-state index contributed by atoms with van der Waals surface area (Å²) in [7, 11) is 0. The van der Waals surface area contributed by atoms with Gasteiger partial charge in [-0.15, -0.1) is 0 Å². The lowest BCUT2D eigenvalue weighted by Crippen LogP contribution is -2.36. The highest BCUT2D eigenvalue weighted by molar-refractivity contribution is 5.62. The van der Waals surface area contributed by atoms with E-state index in [0.29, 0.717) is 11.4 Å². The summed E-state index contributed by atoms with van der Waals surface area (Å²) in [6, 6.07) is 19.2. The maximum absolute atomic E-state index is 5.39. The lowest BCUT2D eigenvalue weighted by Gasteiger charge is -2.35. The molecule has 1 saturated carbocycles. The van der Waals surface area contributed by atoms with Crippen molar-refractivity contribution in [2.24, 2.45) is 11.8 Å². The smallest absolute Gasteiger partial charge is 0.0547 e. The first-order valence-electron chi connectivity index (χ1n) is 11.0. The molecule has 0 aromatic heterocycles. The lowest BCUT2D eigenvalue weighted by atomic mass is 9.76. The Labute approximate surface area is 172 Å². The number of likely N-dealkylation sites (tertiary alicyclic amines) is 1. The summed E-state index contributed by atoms with van der Waals surface area (Å²) in [5.74, 6) is 1.93. The summed E-state index contributed by atoms with van der Waals surface area (Å²) in [4.78, 5) is 2.71. The molecule has 2 fully saturated rings. The third kappa shape index (κ3) is 6.27. The topological polar surface area (TPSA) is 55.3 Å². The minimum absolute atomic E-state index is 0.646. The first kappa shape index (κ1) is 22.3. The van der Waals surface area contributed by atoms with Gasteiger partial charge in [0, 0.05) is 6.04 Å². The minimum Gasteiger partial charge on any atom is -0.397 e. The second kappa shape index (κ2) is 11.8. The molecule has 0 bridgehead atoms. The molecule has 28 heavy (non-hydrogen) atoms. The zero-order valence-electron chi connectivity index (χ0n) is 18.0. The van der Waals surface area contributed by atoms with Crippen molar-refractivity contribution in [1.82, 2.24) is 4.90 Å². The van der Waals surface area contributed by atoms with Crippen LogP contribution >= 0.6 is 0 Å². The quantitative estimate of drug-likeness (QED) is 0.679. The van der Waals surface area contributed by atoms with Crippen molar-refractivity contribution in [3.8, 4) is 0 Å². The number of fused-ring (bicyclic) bond motifs is 1. The van der Waals surface area contributed by atoms with Crippen molar-refractivity contribution in [3.63, 3.8) is 0 Å². The van der Waals surface area contributed by atoms with E-state index in [9.17, 15) is 0 Å². The number of benzene rings is 2. The van der Waals surface area contributed by atoms with E-state index in [2.05, 4.69) is 42.2 Å². The number of nitrogens with two attached hydrogens (primary N) is 2. The van der Waals surface area contributed by atoms with Gasteiger partial charge < -0.3 is 16.4 Å². The molecule has 3 unspecified atom stereocenters. The van der Waals surface area contributed by atoms with E-state index in [1.165, 1.54) is 50.8 Å². The molecule has 154 valence electrons. The predicted molar refractivity (Wildman–Crippen MR) is 123 cm³/mol. The molecule has 1 saturated heterocycles. The molecule has 1 aliphatic carbocycles. The molecule has 2 aliphatic rings. The molecular weight excluding hydrogens is 342 g/mol. The minimum atomic E-state index is 0.646. The number of nitrogens with zero attached hydrogens (tertiary/aromatic N) is 1. The molecule has 0 spiro atoms. The van der Waals surface area contributed by atoms with Gasteiger partial charge >= 0.3 is 0 Å². The molecule has 4 N–H and O–H groups in total. The fourth-order valence-electron chi connectivity index (χ4n) is 4.67. The van der Waals surface area contributed by atoms with Gasteiger partial charge in [0.25, 0.3) is 0 Å². The maximum atomic E-state index is 5.39. The van der Waals surface area contributed by atoms with E-state index < -0.39 is 0 Å². The largest absolute Gasteiger partial charge is 0.397 e. The van der Waals surface area contributed by atoms with Crippen LogP contribution in [0.15, 0.2) is 54.6 Å². The molecule has 0 amide bonds. The average Bonchev–Trinajstić information content (AvgIpc) is 3.15. The number of anilines is 2. The number of nitrogen functional groups attached to an aromatic ring is 2. The molecular formula is C25H39N3. The van der Waals surface area contributed by atoms with Crippen LogP contribution in [0.2, 0.25) is 0 Å². The molecule has 2 aromatic carbocycles. The van der Waals surface area contributed by atoms with Gasteiger partial charge in [-0.3, -0.25) is 0 Å². The Morgan fingerprint density at radius 3 is 2.04 bits per heavy atom. The van der Waals surface area contributed by atoms with Gasteiger partial charge in [-0.05, 0) is 74.7 Å². The normalized spacial score (nSPS) is 23.6. The standard InChI is InChI=1S/C17H25N.C6H8N2.C2H6/c1-2-18-11-10-16-13-15(8-9-17(16)18)12-14-6-4-3-5-7-14;7-5-3-1-2-4-6(5)8;1-2/h3-7,15-17H,2,8-13H2,1H3;1-4H,7-8H2;1-2H3. The molecule has 0 radical (unpaired) electrons. The first-order valence-corrected chi connectivity index (χ1v) is 11.0. The Kier molecular flexibility index (Phi) is 9.36. The summed E-state index contributed by atoms with van der Waals surface area (Å²) in [5.41, 5.74) is 13.6. The Morgan fingerprint density at radius 2 is 1.46 bits per heavy atom. The van der Waals surface area contributed by atoms with Gasteiger partial charge in [0.15, 0.2) is 0 Å². The van der Waals surface area contributed by atoms with Gasteiger partial charge in [0.2, 0.25) is 0 Å². The molecule has 1 heterocycles. The molecule has 2 aromatic rings. The lowest BCUT2D eigenvalue weighted by molar-refractivity contribution is 0.157. The highest BCUT2D eigenvalue weighted by Gasteiger charge is 2.37. The Hall–Kier alpha value is -2.00. The van der Waals surface area contributed by atoms with E-state index in [0.717, 1.165) is 17.9 Å². The van der Waals surface area contributed by atoms with Crippen molar-refractivity contribution in [2.75, 3.05) is 24.6 Å². The van der Waals surface area contributed by atoms with E-state index >= 15 is 0 Å². The number of hydrogen-bond acceptors (Lipinski definition) is 3.